The first-order chi connectivity index (χ1) is 12.1. The zero-order valence-corrected chi connectivity index (χ0v) is 16.1. The summed E-state index contributed by atoms with van der Waals surface area (Å²) in [7, 11) is 0. The van der Waals surface area contributed by atoms with Crippen LogP contribution in [0.1, 0.15) is 57.3 Å². The highest BCUT2D eigenvalue weighted by molar-refractivity contribution is 5.89. The minimum Gasteiger partial charge on any atom is -0.458 e. The maximum Gasteiger partial charge on any atom is 0.338 e. The number of allylic oxidation sites excluding steroid dienone is 1. The molecule has 4 nitrogen and oxygen atoms in total. The van der Waals surface area contributed by atoms with E-state index in [9.17, 15) is 15.0 Å². The summed E-state index contributed by atoms with van der Waals surface area (Å²) in [4.78, 5) is 12.7. The highest BCUT2D eigenvalue weighted by Crippen LogP contribution is 2.57. The number of hydrogen-bond donors (Lipinski definition) is 2. The molecule has 0 saturated heterocycles. The summed E-state index contributed by atoms with van der Waals surface area (Å²) in [6.07, 6.45) is 5.01. The Hall–Kier alpha value is -1.65. The molecule has 0 aromatic heterocycles. The Morgan fingerprint density at radius 1 is 1.12 bits per heavy atom. The second kappa shape index (κ2) is 6.50. The van der Waals surface area contributed by atoms with E-state index >= 15 is 0 Å². The van der Waals surface area contributed by atoms with Crippen LogP contribution in [0.25, 0.3) is 0 Å². The van der Waals surface area contributed by atoms with Gasteiger partial charge in [-0.1, -0.05) is 51.1 Å². The molecule has 142 valence electrons. The molecule has 26 heavy (non-hydrogen) atoms. The first-order valence-electron chi connectivity index (χ1n) is 9.49. The molecule has 2 N–H and O–H groups in total. The summed E-state index contributed by atoms with van der Waals surface area (Å²) in [6, 6.07) is 8.88. The average Bonchev–Trinajstić information content (AvgIpc) is 2.81. The Kier molecular flexibility index (Phi) is 4.78. The maximum atomic E-state index is 12.7. The van der Waals surface area contributed by atoms with E-state index in [1.807, 2.05) is 32.1 Å². The molecule has 0 spiro atoms. The molecule has 4 heteroatoms. The molecule has 2 aliphatic rings. The second-order valence-electron chi connectivity index (χ2n) is 8.83. The van der Waals surface area contributed by atoms with Gasteiger partial charge in [0.05, 0.1) is 16.8 Å². The van der Waals surface area contributed by atoms with E-state index in [1.54, 1.807) is 31.2 Å². The molecular formula is C22H30O4. The van der Waals surface area contributed by atoms with Crippen LogP contribution in [-0.2, 0) is 4.74 Å². The van der Waals surface area contributed by atoms with Gasteiger partial charge in [0.15, 0.2) is 0 Å². The van der Waals surface area contributed by atoms with Crippen molar-refractivity contribution in [1.29, 1.82) is 0 Å². The lowest BCUT2D eigenvalue weighted by Gasteiger charge is -2.43. The quantitative estimate of drug-likeness (QED) is 0.638. The zero-order valence-electron chi connectivity index (χ0n) is 16.1. The van der Waals surface area contributed by atoms with Crippen molar-refractivity contribution in [3.05, 3.63) is 48.0 Å². The average molecular weight is 358 g/mol. The Balaban J connectivity index is 1.98. The number of hydrogen-bond acceptors (Lipinski definition) is 4. The fourth-order valence-electron chi connectivity index (χ4n) is 4.79. The lowest BCUT2D eigenvalue weighted by atomic mass is 9.68. The number of carbonyl (C=O) groups is 1. The van der Waals surface area contributed by atoms with Crippen molar-refractivity contribution < 1.29 is 19.7 Å². The van der Waals surface area contributed by atoms with Crippen molar-refractivity contribution in [3.8, 4) is 0 Å². The van der Waals surface area contributed by atoms with E-state index in [-0.39, 0.29) is 23.7 Å². The van der Waals surface area contributed by atoms with E-state index in [1.165, 1.54) is 0 Å². The van der Waals surface area contributed by atoms with Crippen LogP contribution in [-0.4, -0.2) is 33.5 Å². The van der Waals surface area contributed by atoms with Crippen molar-refractivity contribution in [3.63, 3.8) is 0 Å². The van der Waals surface area contributed by atoms with Gasteiger partial charge in [0, 0.05) is 12.3 Å². The van der Waals surface area contributed by atoms with Gasteiger partial charge in [0.25, 0.3) is 0 Å². The van der Waals surface area contributed by atoms with E-state index in [2.05, 4.69) is 6.92 Å². The first kappa shape index (κ1) is 19.1. The molecule has 1 aromatic carbocycles. The number of ether oxygens (including phenoxy) is 1. The third kappa shape index (κ3) is 3.33. The fourth-order valence-corrected chi connectivity index (χ4v) is 4.79. The molecular weight excluding hydrogens is 328 g/mol. The van der Waals surface area contributed by atoms with Gasteiger partial charge < -0.3 is 14.9 Å². The van der Waals surface area contributed by atoms with Crippen LogP contribution in [0, 0.1) is 17.3 Å². The van der Waals surface area contributed by atoms with Crippen LogP contribution in [0.3, 0.4) is 0 Å². The van der Waals surface area contributed by atoms with Crippen molar-refractivity contribution >= 4 is 5.97 Å². The number of fused-ring (bicyclic) bond motifs is 1. The Bertz CT molecular complexity index is 693. The number of esters is 1. The fraction of sp³-hybridized carbons (Fsp3) is 0.591. The highest BCUT2D eigenvalue weighted by Gasteiger charge is 2.59. The molecule has 0 heterocycles. The Morgan fingerprint density at radius 3 is 2.38 bits per heavy atom. The van der Waals surface area contributed by atoms with Gasteiger partial charge in [0.2, 0.25) is 0 Å². The molecule has 3 rings (SSSR count). The molecule has 2 aliphatic carbocycles. The highest BCUT2D eigenvalue weighted by atomic mass is 16.5. The molecule has 0 radical (unpaired) electrons. The largest absolute Gasteiger partial charge is 0.458 e. The van der Waals surface area contributed by atoms with Gasteiger partial charge in [-0.3, -0.25) is 0 Å². The predicted molar refractivity (Wildman–Crippen MR) is 101 cm³/mol. The summed E-state index contributed by atoms with van der Waals surface area (Å²) in [5.41, 5.74) is -1.84. The molecule has 1 fully saturated rings. The van der Waals surface area contributed by atoms with E-state index in [0.29, 0.717) is 12.0 Å². The smallest absolute Gasteiger partial charge is 0.338 e. The summed E-state index contributed by atoms with van der Waals surface area (Å²) >= 11 is 0. The topological polar surface area (TPSA) is 66.8 Å². The molecule has 0 unspecified atom stereocenters. The van der Waals surface area contributed by atoms with Gasteiger partial charge in [-0.2, -0.15) is 0 Å². The standard InChI is InChI=1S/C22H30O4/c1-15(2)22(25)13-11-20(3)10-12-21(4,24)14-17(18(20)22)26-19(23)16-8-6-5-7-9-16/h5-10,12,15,17-18,24-25H,11,13-14H2,1-4H3/t17-,18+,20-,21+,22+/m0/s1. The summed E-state index contributed by atoms with van der Waals surface area (Å²) < 4.78 is 5.92. The Labute approximate surface area is 155 Å². The number of benzene rings is 1. The van der Waals surface area contributed by atoms with Gasteiger partial charge in [-0.25, -0.2) is 4.79 Å². The van der Waals surface area contributed by atoms with Crippen LogP contribution in [0.2, 0.25) is 0 Å². The second-order valence-corrected chi connectivity index (χ2v) is 8.83. The number of aliphatic hydroxyl groups is 2. The van der Waals surface area contributed by atoms with Crippen molar-refractivity contribution in [2.24, 2.45) is 17.3 Å². The SMILES string of the molecule is CC(C)[C@]1(O)CC[C@]2(C)C=C[C@@](C)(O)C[C@H](OC(=O)c3ccccc3)[C@H]21. The summed E-state index contributed by atoms with van der Waals surface area (Å²) in [6.45, 7) is 7.84. The van der Waals surface area contributed by atoms with Crippen LogP contribution in [0.15, 0.2) is 42.5 Å². The number of carbonyl (C=O) groups excluding carboxylic acids is 1. The van der Waals surface area contributed by atoms with Crippen molar-refractivity contribution in [1.82, 2.24) is 0 Å². The molecule has 5 atom stereocenters. The Morgan fingerprint density at radius 2 is 1.77 bits per heavy atom. The molecule has 0 bridgehead atoms. The molecule has 1 saturated carbocycles. The van der Waals surface area contributed by atoms with Crippen LogP contribution >= 0.6 is 0 Å². The van der Waals surface area contributed by atoms with Crippen LogP contribution in [0.4, 0.5) is 0 Å². The minimum absolute atomic E-state index is 0.0312. The monoisotopic (exact) mass is 358 g/mol. The summed E-state index contributed by atoms with van der Waals surface area (Å²) in [5, 5.41) is 22.2. The van der Waals surface area contributed by atoms with Gasteiger partial charge >= 0.3 is 5.97 Å². The lowest BCUT2D eigenvalue weighted by molar-refractivity contribution is -0.116. The molecule has 0 amide bonds. The van der Waals surface area contributed by atoms with Crippen LogP contribution < -0.4 is 0 Å². The normalized spacial score (nSPS) is 39.5. The predicted octanol–water partition coefficient (Wildman–Crippen LogP) is 3.73. The molecule has 1 aromatic rings. The van der Waals surface area contributed by atoms with E-state index in [0.717, 1.165) is 6.42 Å². The van der Waals surface area contributed by atoms with Gasteiger partial charge in [-0.05, 0) is 43.2 Å². The van der Waals surface area contributed by atoms with Crippen LogP contribution in [0.5, 0.6) is 0 Å². The molecule has 0 aliphatic heterocycles. The number of rotatable bonds is 3. The van der Waals surface area contributed by atoms with Crippen molar-refractivity contribution in [2.75, 3.05) is 0 Å². The van der Waals surface area contributed by atoms with Gasteiger partial charge in [-0.15, -0.1) is 0 Å². The minimum atomic E-state index is -1.08. The third-order valence-corrected chi connectivity index (χ3v) is 6.39. The van der Waals surface area contributed by atoms with Gasteiger partial charge in [0.1, 0.15) is 6.10 Å². The zero-order chi connectivity index (χ0) is 19.2. The maximum absolute atomic E-state index is 12.7. The van der Waals surface area contributed by atoms with E-state index < -0.39 is 23.3 Å². The van der Waals surface area contributed by atoms with E-state index in [4.69, 9.17) is 4.74 Å². The van der Waals surface area contributed by atoms with Crippen molar-refractivity contribution in [2.45, 2.75) is 64.3 Å². The third-order valence-electron chi connectivity index (χ3n) is 6.39. The summed E-state index contributed by atoms with van der Waals surface area (Å²) in [5.74, 6) is -0.634. The first-order valence-corrected chi connectivity index (χ1v) is 9.49. The lowest BCUT2D eigenvalue weighted by Crippen LogP contribution is -2.51.